The fourth-order valence-corrected chi connectivity index (χ4v) is 2.30. The Morgan fingerprint density at radius 1 is 1.39 bits per heavy atom. The highest BCUT2D eigenvalue weighted by molar-refractivity contribution is 14.1. The normalized spacial score (nSPS) is 11.8. The van der Waals surface area contributed by atoms with Crippen molar-refractivity contribution in [1.29, 1.82) is 0 Å². The molecule has 2 heterocycles. The summed E-state index contributed by atoms with van der Waals surface area (Å²) in [6.45, 7) is 7.48. The number of hydrogen-bond donors (Lipinski definition) is 0. The van der Waals surface area contributed by atoms with Gasteiger partial charge in [0.25, 0.3) is 0 Å². The van der Waals surface area contributed by atoms with E-state index < -0.39 is 5.60 Å². The number of ether oxygens (including phenoxy) is 1. The second kappa shape index (κ2) is 4.53. The molecule has 0 bridgehead atoms. The van der Waals surface area contributed by atoms with E-state index in [1.807, 2.05) is 39.8 Å². The summed E-state index contributed by atoms with van der Waals surface area (Å²) in [7, 11) is 0. The average Bonchev–Trinajstić information content (AvgIpc) is 2.54. The van der Waals surface area contributed by atoms with Crippen LogP contribution in [-0.2, 0) is 4.74 Å². The van der Waals surface area contributed by atoms with Crippen molar-refractivity contribution in [2.45, 2.75) is 33.3 Å². The van der Waals surface area contributed by atoms with E-state index in [9.17, 15) is 4.79 Å². The van der Waals surface area contributed by atoms with Crippen molar-refractivity contribution in [3.8, 4) is 0 Å². The summed E-state index contributed by atoms with van der Waals surface area (Å²) in [6.07, 6.45) is 1.38. The molecule has 0 saturated heterocycles. The Labute approximate surface area is 119 Å². The molecule has 96 valence electrons. The van der Waals surface area contributed by atoms with Crippen molar-refractivity contribution in [3.05, 3.63) is 27.6 Å². The van der Waals surface area contributed by atoms with Crippen LogP contribution in [0, 0.1) is 10.5 Å². The predicted octanol–water partition coefficient (Wildman–Crippen LogP) is 3.73. The molecule has 0 spiro atoms. The maximum Gasteiger partial charge on any atom is 0.419 e. The molecule has 5 heteroatoms. The van der Waals surface area contributed by atoms with Crippen LogP contribution in [0.25, 0.3) is 11.0 Å². The molecule has 0 unspecified atom stereocenters. The third-order valence-corrected chi connectivity index (χ3v) is 3.12. The van der Waals surface area contributed by atoms with Crippen LogP contribution < -0.4 is 0 Å². The van der Waals surface area contributed by atoms with Crippen LogP contribution in [0.4, 0.5) is 4.79 Å². The third kappa shape index (κ3) is 2.66. The average molecular weight is 358 g/mol. The highest BCUT2D eigenvalue weighted by Gasteiger charge is 2.20. The van der Waals surface area contributed by atoms with Gasteiger partial charge in [-0.05, 0) is 62.4 Å². The number of carbonyl (C=O) groups is 1. The molecular weight excluding hydrogens is 343 g/mol. The number of aryl methyl sites for hydroxylation is 1. The zero-order valence-corrected chi connectivity index (χ0v) is 13.0. The van der Waals surface area contributed by atoms with E-state index >= 15 is 0 Å². The SMILES string of the molecule is Cc1ccc2c(n1)c(I)cn2C(=O)OC(C)(C)C. The predicted molar refractivity (Wildman–Crippen MR) is 78.8 cm³/mol. The Balaban J connectivity index is 2.49. The molecule has 0 N–H and O–H groups in total. The van der Waals surface area contributed by atoms with Crippen molar-refractivity contribution in [2.75, 3.05) is 0 Å². The molecule has 0 fully saturated rings. The summed E-state index contributed by atoms with van der Waals surface area (Å²) in [6, 6.07) is 3.78. The Bertz CT molecular complexity index is 611. The van der Waals surface area contributed by atoms with Gasteiger partial charge in [-0.15, -0.1) is 0 Å². The van der Waals surface area contributed by atoms with Gasteiger partial charge in [0, 0.05) is 11.9 Å². The Hall–Kier alpha value is -1.11. The van der Waals surface area contributed by atoms with Gasteiger partial charge in [0.2, 0.25) is 0 Å². The van der Waals surface area contributed by atoms with E-state index in [-0.39, 0.29) is 6.09 Å². The minimum atomic E-state index is -0.503. The van der Waals surface area contributed by atoms with Gasteiger partial charge in [-0.25, -0.2) is 9.36 Å². The highest BCUT2D eigenvalue weighted by atomic mass is 127. The molecule has 0 aromatic carbocycles. The Morgan fingerprint density at radius 2 is 2.06 bits per heavy atom. The van der Waals surface area contributed by atoms with Crippen molar-refractivity contribution < 1.29 is 9.53 Å². The van der Waals surface area contributed by atoms with Crippen molar-refractivity contribution in [2.24, 2.45) is 0 Å². The van der Waals surface area contributed by atoms with E-state index in [1.54, 1.807) is 6.20 Å². The molecule has 18 heavy (non-hydrogen) atoms. The van der Waals surface area contributed by atoms with Crippen LogP contribution in [0.5, 0.6) is 0 Å². The topological polar surface area (TPSA) is 44.1 Å². The lowest BCUT2D eigenvalue weighted by Gasteiger charge is -2.19. The number of pyridine rings is 1. The van der Waals surface area contributed by atoms with Crippen LogP contribution in [-0.4, -0.2) is 21.2 Å². The molecule has 0 atom stereocenters. The standard InChI is InChI=1S/C13H15IN2O2/c1-8-5-6-10-11(15-8)9(14)7-16(10)12(17)18-13(2,3)4/h5-7H,1-4H3. The van der Waals surface area contributed by atoms with Crippen LogP contribution in [0.1, 0.15) is 26.5 Å². The first-order valence-corrected chi connectivity index (χ1v) is 6.73. The lowest BCUT2D eigenvalue weighted by Crippen LogP contribution is -2.26. The first kappa shape index (κ1) is 13.3. The molecule has 0 aliphatic carbocycles. The van der Waals surface area contributed by atoms with Gasteiger partial charge in [-0.3, -0.25) is 4.98 Å². The molecule has 0 aliphatic rings. The van der Waals surface area contributed by atoms with E-state index in [0.717, 1.165) is 20.3 Å². The van der Waals surface area contributed by atoms with Crippen molar-refractivity contribution in [3.63, 3.8) is 0 Å². The molecule has 2 rings (SSSR count). The van der Waals surface area contributed by atoms with E-state index in [0.29, 0.717) is 0 Å². The second-order valence-corrected chi connectivity index (χ2v) is 6.31. The minimum Gasteiger partial charge on any atom is -0.443 e. The largest absolute Gasteiger partial charge is 0.443 e. The number of hydrogen-bond acceptors (Lipinski definition) is 3. The molecule has 2 aromatic heterocycles. The third-order valence-electron chi connectivity index (χ3n) is 2.33. The first-order valence-electron chi connectivity index (χ1n) is 5.65. The smallest absolute Gasteiger partial charge is 0.419 e. The number of halogens is 1. The summed E-state index contributed by atoms with van der Waals surface area (Å²) in [5.41, 5.74) is 2.04. The first-order chi connectivity index (χ1) is 8.28. The Kier molecular flexibility index (Phi) is 3.35. The summed E-state index contributed by atoms with van der Waals surface area (Å²) in [5, 5.41) is 0. The molecule has 0 radical (unpaired) electrons. The fraction of sp³-hybridized carbons (Fsp3) is 0.385. The summed E-state index contributed by atoms with van der Waals surface area (Å²) in [4.78, 5) is 16.5. The Morgan fingerprint density at radius 3 is 2.67 bits per heavy atom. The highest BCUT2D eigenvalue weighted by Crippen LogP contribution is 2.22. The van der Waals surface area contributed by atoms with Gasteiger partial charge in [0.05, 0.1) is 9.09 Å². The van der Waals surface area contributed by atoms with Gasteiger partial charge in [-0.2, -0.15) is 0 Å². The van der Waals surface area contributed by atoms with Gasteiger partial charge < -0.3 is 4.74 Å². The van der Waals surface area contributed by atoms with Gasteiger partial charge in [0.1, 0.15) is 11.1 Å². The van der Waals surface area contributed by atoms with E-state index in [4.69, 9.17) is 4.74 Å². The molecule has 0 amide bonds. The molecule has 0 saturated carbocycles. The quantitative estimate of drug-likeness (QED) is 0.674. The zero-order chi connectivity index (χ0) is 13.5. The van der Waals surface area contributed by atoms with Crippen LogP contribution in [0.15, 0.2) is 18.3 Å². The van der Waals surface area contributed by atoms with Crippen molar-refractivity contribution >= 4 is 39.7 Å². The maximum absolute atomic E-state index is 12.1. The number of nitrogens with zero attached hydrogens (tertiary/aromatic N) is 2. The summed E-state index contributed by atoms with van der Waals surface area (Å²) in [5.74, 6) is 0. The number of fused-ring (bicyclic) bond motifs is 1. The number of aromatic nitrogens is 2. The van der Waals surface area contributed by atoms with E-state index in [1.165, 1.54) is 4.57 Å². The lowest BCUT2D eigenvalue weighted by atomic mass is 10.2. The van der Waals surface area contributed by atoms with Crippen molar-refractivity contribution in [1.82, 2.24) is 9.55 Å². The monoisotopic (exact) mass is 358 g/mol. The summed E-state index contributed by atoms with van der Waals surface area (Å²) < 4.78 is 7.82. The van der Waals surface area contributed by atoms with Crippen LogP contribution in [0.3, 0.4) is 0 Å². The molecule has 4 nitrogen and oxygen atoms in total. The fourth-order valence-electron chi connectivity index (χ4n) is 1.63. The van der Waals surface area contributed by atoms with Crippen LogP contribution >= 0.6 is 22.6 Å². The summed E-state index contributed by atoms with van der Waals surface area (Å²) >= 11 is 2.18. The maximum atomic E-state index is 12.1. The van der Waals surface area contributed by atoms with Gasteiger partial charge >= 0.3 is 6.09 Å². The zero-order valence-electron chi connectivity index (χ0n) is 10.8. The minimum absolute atomic E-state index is 0.374. The van der Waals surface area contributed by atoms with Gasteiger partial charge in [-0.1, -0.05) is 0 Å². The van der Waals surface area contributed by atoms with Gasteiger partial charge in [0.15, 0.2) is 0 Å². The van der Waals surface area contributed by atoms with Crippen LogP contribution in [0.2, 0.25) is 0 Å². The molecular formula is C13H15IN2O2. The molecule has 2 aromatic rings. The second-order valence-electron chi connectivity index (χ2n) is 5.15. The lowest BCUT2D eigenvalue weighted by molar-refractivity contribution is 0.0544. The number of carbonyl (C=O) groups excluding carboxylic acids is 1. The number of rotatable bonds is 0. The van der Waals surface area contributed by atoms with E-state index in [2.05, 4.69) is 27.6 Å². The molecule has 0 aliphatic heterocycles.